The van der Waals surface area contributed by atoms with Gasteiger partial charge in [0.15, 0.2) is 0 Å². The lowest BCUT2D eigenvalue weighted by Gasteiger charge is -2.41. The van der Waals surface area contributed by atoms with E-state index in [2.05, 4.69) is 41.0 Å². The van der Waals surface area contributed by atoms with Crippen molar-refractivity contribution in [2.45, 2.75) is 31.8 Å². The van der Waals surface area contributed by atoms with Crippen molar-refractivity contribution in [1.29, 1.82) is 0 Å². The predicted molar refractivity (Wildman–Crippen MR) is 99.6 cm³/mol. The van der Waals surface area contributed by atoms with Crippen molar-refractivity contribution in [2.24, 2.45) is 0 Å². The van der Waals surface area contributed by atoms with Crippen LogP contribution >= 0.6 is 0 Å². The lowest BCUT2D eigenvalue weighted by atomic mass is 9.99. The fourth-order valence-corrected chi connectivity index (χ4v) is 3.98. The number of likely N-dealkylation sites (N-methyl/N-ethyl adjacent to an activating group) is 1. The molecule has 2 aliphatic heterocycles. The van der Waals surface area contributed by atoms with E-state index >= 15 is 0 Å². The number of ether oxygens (including phenoxy) is 1. The van der Waals surface area contributed by atoms with E-state index in [1.54, 1.807) is 0 Å². The van der Waals surface area contributed by atoms with Crippen LogP contribution in [0.5, 0.6) is 0 Å². The molecule has 0 radical (unpaired) electrons. The number of amides is 1. The number of carbonyl (C=O) groups excluding carboxylic acids is 1. The summed E-state index contributed by atoms with van der Waals surface area (Å²) < 4.78 is 5.45. The van der Waals surface area contributed by atoms with Crippen molar-refractivity contribution < 1.29 is 9.53 Å². The van der Waals surface area contributed by atoms with Gasteiger partial charge in [-0.15, -0.1) is 0 Å². The number of morpholine rings is 1. The Bertz CT molecular complexity index is 559. The molecule has 1 amide bonds. The summed E-state index contributed by atoms with van der Waals surface area (Å²) in [6, 6.07) is 8.75. The van der Waals surface area contributed by atoms with Gasteiger partial charge in [-0.1, -0.05) is 29.8 Å². The van der Waals surface area contributed by atoms with Crippen LogP contribution in [0.2, 0.25) is 0 Å². The van der Waals surface area contributed by atoms with Gasteiger partial charge in [0.1, 0.15) is 6.04 Å². The van der Waals surface area contributed by atoms with Crippen LogP contribution in [0.4, 0.5) is 0 Å². The van der Waals surface area contributed by atoms with Crippen LogP contribution < -0.4 is 0 Å². The molecule has 1 aromatic carbocycles. The third kappa shape index (κ3) is 4.40. The molecule has 0 saturated carbocycles. The van der Waals surface area contributed by atoms with Gasteiger partial charge in [0.25, 0.3) is 0 Å². The van der Waals surface area contributed by atoms with Crippen molar-refractivity contribution in [3.63, 3.8) is 0 Å². The Balaban J connectivity index is 1.62. The van der Waals surface area contributed by atoms with Crippen molar-refractivity contribution in [3.8, 4) is 0 Å². The predicted octanol–water partition coefficient (Wildman–Crippen LogP) is 1.92. The number of rotatable bonds is 4. The molecular formula is C20H31N3O2. The third-order valence-corrected chi connectivity index (χ3v) is 5.48. The molecule has 1 atom stereocenters. The van der Waals surface area contributed by atoms with E-state index < -0.39 is 0 Å². The molecule has 2 saturated heterocycles. The fourth-order valence-electron chi connectivity index (χ4n) is 3.98. The van der Waals surface area contributed by atoms with Crippen LogP contribution in [0, 0.1) is 6.92 Å². The highest BCUT2D eigenvalue weighted by Gasteiger charge is 2.32. The normalized spacial score (nSPS) is 21.5. The van der Waals surface area contributed by atoms with Crippen molar-refractivity contribution in [1.82, 2.24) is 14.7 Å². The minimum absolute atomic E-state index is 0.194. The van der Waals surface area contributed by atoms with Gasteiger partial charge < -0.3 is 9.64 Å². The van der Waals surface area contributed by atoms with E-state index in [9.17, 15) is 4.79 Å². The molecule has 25 heavy (non-hydrogen) atoms. The van der Waals surface area contributed by atoms with E-state index in [-0.39, 0.29) is 11.9 Å². The molecule has 5 heteroatoms. The topological polar surface area (TPSA) is 36.0 Å². The Labute approximate surface area is 151 Å². The number of carbonyl (C=O) groups is 1. The number of nitrogens with zero attached hydrogens (tertiary/aromatic N) is 3. The molecule has 3 rings (SSSR count). The lowest BCUT2D eigenvalue weighted by molar-refractivity contribution is -0.138. The Hall–Kier alpha value is -1.43. The van der Waals surface area contributed by atoms with Crippen molar-refractivity contribution in [2.75, 3.05) is 53.5 Å². The lowest BCUT2D eigenvalue weighted by Crippen LogP contribution is -2.51. The molecule has 2 heterocycles. The first-order chi connectivity index (χ1) is 12.1. The second kappa shape index (κ2) is 8.30. The largest absolute Gasteiger partial charge is 0.379 e. The van der Waals surface area contributed by atoms with Crippen LogP contribution in [0.1, 0.15) is 30.0 Å². The number of likely N-dealkylation sites (tertiary alicyclic amines) is 1. The molecule has 0 N–H and O–H groups in total. The number of benzene rings is 1. The molecule has 2 aliphatic rings. The van der Waals surface area contributed by atoms with E-state index in [1.165, 1.54) is 5.56 Å². The second-order valence-electron chi connectivity index (χ2n) is 7.48. The van der Waals surface area contributed by atoms with Gasteiger partial charge in [0.2, 0.25) is 5.91 Å². The number of hydrogen-bond donors (Lipinski definition) is 0. The first-order valence-corrected chi connectivity index (χ1v) is 9.40. The summed E-state index contributed by atoms with van der Waals surface area (Å²) in [7, 11) is 3.98. The third-order valence-electron chi connectivity index (χ3n) is 5.48. The molecule has 138 valence electrons. The molecule has 2 fully saturated rings. The Morgan fingerprint density at radius 2 is 1.68 bits per heavy atom. The average molecular weight is 345 g/mol. The Kier molecular flexibility index (Phi) is 6.10. The van der Waals surface area contributed by atoms with Gasteiger partial charge in [-0.25, -0.2) is 0 Å². The maximum Gasteiger partial charge on any atom is 0.244 e. The highest BCUT2D eigenvalue weighted by atomic mass is 16.5. The number of piperidine rings is 1. The molecule has 0 spiro atoms. The maximum absolute atomic E-state index is 13.2. The highest BCUT2D eigenvalue weighted by Crippen LogP contribution is 2.25. The highest BCUT2D eigenvalue weighted by molar-refractivity contribution is 5.83. The van der Waals surface area contributed by atoms with Gasteiger partial charge in [-0.2, -0.15) is 0 Å². The molecule has 0 aromatic heterocycles. The number of aryl methyl sites for hydroxylation is 1. The minimum atomic E-state index is -0.194. The molecule has 0 bridgehead atoms. The summed E-state index contributed by atoms with van der Waals surface area (Å²) in [6.45, 7) is 7.54. The summed E-state index contributed by atoms with van der Waals surface area (Å²) >= 11 is 0. The van der Waals surface area contributed by atoms with E-state index in [1.807, 2.05) is 19.0 Å². The zero-order valence-corrected chi connectivity index (χ0v) is 15.8. The minimum Gasteiger partial charge on any atom is -0.379 e. The van der Waals surface area contributed by atoms with Crippen molar-refractivity contribution >= 4 is 5.91 Å². The van der Waals surface area contributed by atoms with Gasteiger partial charge in [-0.05, 0) is 39.4 Å². The first kappa shape index (κ1) is 18.4. The zero-order chi connectivity index (χ0) is 17.8. The summed E-state index contributed by atoms with van der Waals surface area (Å²) in [4.78, 5) is 19.8. The quantitative estimate of drug-likeness (QED) is 0.835. The van der Waals surface area contributed by atoms with E-state index in [4.69, 9.17) is 4.74 Å². The van der Waals surface area contributed by atoms with E-state index in [0.29, 0.717) is 6.04 Å². The Morgan fingerprint density at radius 3 is 2.24 bits per heavy atom. The molecule has 1 aromatic rings. The van der Waals surface area contributed by atoms with Gasteiger partial charge in [0, 0.05) is 32.2 Å². The summed E-state index contributed by atoms with van der Waals surface area (Å²) in [6.07, 6.45) is 2.14. The Morgan fingerprint density at radius 1 is 1.08 bits per heavy atom. The molecular weight excluding hydrogens is 314 g/mol. The van der Waals surface area contributed by atoms with Gasteiger partial charge >= 0.3 is 0 Å². The second-order valence-corrected chi connectivity index (χ2v) is 7.48. The summed E-state index contributed by atoms with van der Waals surface area (Å²) in [5.74, 6) is 0.231. The molecule has 0 aliphatic carbocycles. The van der Waals surface area contributed by atoms with Crippen LogP contribution in [0.15, 0.2) is 24.3 Å². The van der Waals surface area contributed by atoms with E-state index in [0.717, 1.165) is 57.8 Å². The smallest absolute Gasteiger partial charge is 0.244 e. The maximum atomic E-state index is 13.2. The molecule has 1 unspecified atom stereocenters. The van der Waals surface area contributed by atoms with Crippen LogP contribution in [-0.4, -0.2) is 80.1 Å². The van der Waals surface area contributed by atoms with Gasteiger partial charge in [0.05, 0.1) is 13.2 Å². The number of hydrogen-bond acceptors (Lipinski definition) is 4. The summed E-state index contributed by atoms with van der Waals surface area (Å²) in [5.41, 5.74) is 2.30. The zero-order valence-electron chi connectivity index (χ0n) is 15.8. The first-order valence-electron chi connectivity index (χ1n) is 9.40. The molecule has 5 nitrogen and oxygen atoms in total. The van der Waals surface area contributed by atoms with Crippen LogP contribution in [0.3, 0.4) is 0 Å². The summed E-state index contributed by atoms with van der Waals surface area (Å²) in [5, 5.41) is 0. The van der Waals surface area contributed by atoms with Gasteiger partial charge in [-0.3, -0.25) is 14.6 Å². The average Bonchev–Trinajstić information content (AvgIpc) is 2.64. The van der Waals surface area contributed by atoms with Crippen molar-refractivity contribution in [3.05, 3.63) is 35.4 Å². The fraction of sp³-hybridized carbons (Fsp3) is 0.650. The van der Waals surface area contributed by atoms with Crippen LogP contribution in [0.25, 0.3) is 0 Å². The monoisotopic (exact) mass is 345 g/mol. The standard InChI is InChI=1S/C20H31N3O2/c1-16-4-6-17(7-5-16)19(21(2)3)20(24)23-10-8-18(9-11-23)22-12-14-25-15-13-22/h4-7,18-19H,8-15H2,1-3H3. The SMILES string of the molecule is Cc1ccc(C(C(=O)N2CCC(N3CCOCC3)CC2)N(C)C)cc1. The van der Waals surface area contributed by atoms with Crippen LogP contribution in [-0.2, 0) is 9.53 Å².